The number of benzene rings is 1. The first kappa shape index (κ1) is 10.3. The van der Waals surface area contributed by atoms with E-state index in [1.165, 1.54) is 11.1 Å². The molecular formula is C12H13Br. The molecule has 13 heavy (non-hydrogen) atoms. The van der Waals surface area contributed by atoms with Crippen LogP contribution in [0.25, 0.3) is 6.08 Å². The third kappa shape index (κ3) is 3.60. The maximum Gasteiger partial charge on any atom is 0.0283 e. The standard InChI is InChI=1S/C12H13Br/c1-10(2)3-4-11-5-7-12(9-13)8-6-11/h3-8H,1,9H2,2H3. The van der Waals surface area contributed by atoms with Crippen LogP contribution in [0, 0.1) is 0 Å². The lowest BCUT2D eigenvalue weighted by atomic mass is 10.1. The Morgan fingerprint density at radius 1 is 1.38 bits per heavy atom. The summed E-state index contributed by atoms with van der Waals surface area (Å²) in [7, 11) is 0. The van der Waals surface area contributed by atoms with E-state index in [1.807, 2.05) is 13.0 Å². The van der Waals surface area contributed by atoms with Gasteiger partial charge < -0.3 is 0 Å². The third-order valence-corrected chi connectivity index (χ3v) is 2.34. The van der Waals surface area contributed by atoms with Crippen LogP contribution in [-0.2, 0) is 5.33 Å². The van der Waals surface area contributed by atoms with Crippen LogP contribution in [0.2, 0.25) is 0 Å². The van der Waals surface area contributed by atoms with E-state index in [0.29, 0.717) is 0 Å². The second-order valence-electron chi connectivity index (χ2n) is 3.05. The molecule has 0 aromatic heterocycles. The van der Waals surface area contributed by atoms with E-state index in [0.717, 1.165) is 10.9 Å². The molecule has 1 heteroatoms. The van der Waals surface area contributed by atoms with Gasteiger partial charge in [-0.1, -0.05) is 64.5 Å². The second kappa shape index (κ2) is 5.03. The van der Waals surface area contributed by atoms with E-state index >= 15 is 0 Å². The Morgan fingerprint density at radius 2 is 2.00 bits per heavy atom. The van der Waals surface area contributed by atoms with Crippen LogP contribution in [0.1, 0.15) is 18.1 Å². The molecule has 1 aromatic rings. The maximum atomic E-state index is 3.81. The summed E-state index contributed by atoms with van der Waals surface area (Å²) in [6.07, 6.45) is 4.09. The van der Waals surface area contributed by atoms with Crippen LogP contribution < -0.4 is 0 Å². The lowest BCUT2D eigenvalue weighted by Crippen LogP contribution is -1.77. The van der Waals surface area contributed by atoms with Crippen LogP contribution in [0.3, 0.4) is 0 Å². The smallest absolute Gasteiger partial charge is 0.0283 e. The average Bonchev–Trinajstić information content (AvgIpc) is 2.15. The highest BCUT2D eigenvalue weighted by Gasteiger charge is 1.88. The normalized spacial score (nSPS) is 10.6. The first-order valence-corrected chi connectivity index (χ1v) is 5.33. The molecule has 0 radical (unpaired) electrons. The van der Waals surface area contributed by atoms with Gasteiger partial charge in [0, 0.05) is 5.33 Å². The molecule has 0 nitrogen and oxygen atoms in total. The number of halogens is 1. The number of alkyl halides is 1. The predicted octanol–water partition coefficient (Wildman–Crippen LogP) is 4.17. The van der Waals surface area contributed by atoms with Crippen molar-refractivity contribution in [2.45, 2.75) is 12.3 Å². The van der Waals surface area contributed by atoms with Gasteiger partial charge in [0.25, 0.3) is 0 Å². The largest absolute Gasteiger partial charge is 0.0961 e. The van der Waals surface area contributed by atoms with Gasteiger partial charge in [-0.25, -0.2) is 0 Å². The summed E-state index contributed by atoms with van der Waals surface area (Å²) in [5, 5.41) is 0.914. The molecule has 0 fully saturated rings. The summed E-state index contributed by atoms with van der Waals surface area (Å²) in [4.78, 5) is 0. The Bertz CT molecular complexity index is 306. The fourth-order valence-electron chi connectivity index (χ4n) is 0.956. The fraction of sp³-hybridized carbons (Fsp3) is 0.167. The highest BCUT2D eigenvalue weighted by molar-refractivity contribution is 9.08. The first-order chi connectivity index (χ1) is 6.22. The zero-order chi connectivity index (χ0) is 9.68. The van der Waals surface area contributed by atoms with E-state index < -0.39 is 0 Å². The van der Waals surface area contributed by atoms with Crippen LogP contribution in [0.15, 0.2) is 42.5 Å². The monoisotopic (exact) mass is 236 g/mol. The zero-order valence-electron chi connectivity index (χ0n) is 7.76. The summed E-state index contributed by atoms with van der Waals surface area (Å²) < 4.78 is 0. The van der Waals surface area contributed by atoms with Crippen LogP contribution in [0.5, 0.6) is 0 Å². The third-order valence-electron chi connectivity index (χ3n) is 1.69. The number of rotatable bonds is 3. The van der Waals surface area contributed by atoms with Gasteiger partial charge >= 0.3 is 0 Å². The van der Waals surface area contributed by atoms with Crippen LogP contribution >= 0.6 is 15.9 Å². The molecular weight excluding hydrogens is 224 g/mol. The molecule has 0 saturated carbocycles. The summed E-state index contributed by atoms with van der Waals surface area (Å²) in [6, 6.07) is 8.45. The molecule has 0 atom stereocenters. The number of hydrogen-bond acceptors (Lipinski definition) is 0. The van der Waals surface area contributed by atoms with Crippen molar-refractivity contribution >= 4 is 22.0 Å². The molecule has 0 aliphatic rings. The minimum Gasteiger partial charge on any atom is -0.0961 e. The van der Waals surface area contributed by atoms with Gasteiger partial charge in [-0.2, -0.15) is 0 Å². The Morgan fingerprint density at radius 3 is 2.46 bits per heavy atom. The Balaban J connectivity index is 2.75. The lowest BCUT2D eigenvalue weighted by molar-refractivity contribution is 1.43. The van der Waals surface area contributed by atoms with Crippen molar-refractivity contribution in [1.82, 2.24) is 0 Å². The van der Waals surface area contributed by atoms with Gasteiger partial charge in [0.15, 0.2) is 0 Å². The Kier molecular flexibility index (Phi) is 3.97. The summed E-state index contributed by atoms with van der Waals surface area (Å²) in [5.41, 5.74) is 3.59. The van der Waals surface area contributed by atoms with E-state index in [4.69, 9.17) is 0 Å². The van der Waals surface area contributed by atoms with Crippen molar-refractivity contribution in [3.8, 4) is 0 Å². The van der Waals surface area contributed by atoms with E-state index in [1.54, 1.807) is 0 Å². The zero-order valence-corrected chi connectivity index (χ0v) is 9.34. The van der Waals surface area contributed by atoms with E-state index in [-0.39, 0.29) is 0 Å². The van der Waals surface area contributed by atoms with Crippen LogP contribution in [0.4, 0.5) is 0 Å². The first-order valence-electron chi connectivity index (χ1n) is 4.21. The van der Waals surface area contributed by atoms with Gasteiger partial charge in [0.2, 0.25) is 0 Å². The number of allylic oxidation sites excluding steroid dienone is 2. The van der Waals surface area contributed by atoms with Gasteiger partial charge in [-0.05, 0) is 18.1 Å². The van der Waals surface area contributed by atoms with Gasteiger partial charge in [0.05, 0.1) is 0 Å². The molecule has 0 heterocycles. The molecule has 0 aliphatic carbocycles. The lowest BCUT2D eigenvalue weighted by Gasteiger charge is -1.96. The predicted molar refractivity (Wildman–Crippen MR) is 62.9 cm³/mol. The van der Waals surface area contributed by atoms with Gasteiger partial charge in [-0.15, -0.1) is 0 Å². The Hall–Kier alpha value is -0.820. The van der Waals surface area contributed by atoms with E-state index in [9.17, 15) is 0 Å². The average molecular weight is 237 g/mol. The van der Waals surface area contributed by atoms with Crippen molar-refractivity contribution in [3.05, 3.63) is 53.6 Å². The molecule has 68 valence electrons. The minimum atomic E-state index is 0.914. The summed E-state index contributed by atoms with van der Waals surface area (Å²) in [5.74, 6) is 0. The maximum absolute atomic E-state index is 3.81. The molecule has 1 aromatic carbocycles. The molecule has 0 bridgehead atoms. The molecule has 0 spiro atoms. The highest BCUT2D eigenvalue weighted by Crippen LogP contribution is 2.09. The van der Waals surface area contributed by atoms with Gasteiger partial charge in [0.1, 0.15) is 0 Å². The van der Waals surface area contributed by atoms with Crippen molar-refractivity contribution in [1.29, 1.82) is 0 Å². The fourth-order valence-corrected chi connectivity index (χ4v) is 1.33. The molecule has 0 amide bonds. The second-order valence-corrected chi connectivity index (χ2v) is 3.62. The molecule has 0 N–H and O–H groups in total. The van der Waals surface area contributed by atoms with Crippen molar-refractivity contribution < 1.29 is 0 Å². The van der Waals surface area contributed by atoms with Crippen molar-refractivity contribution in [2.24, 2.45) is 0 Å². The summed E-state index contributed by atoms with van der Waals surface area (Å²) in [6.45, 7) is 5.80. The molecule has 0 unspecified atom stereocenters. The summed E-state index contributed by atoms with van der Waals surface area (Å²) >= 11 is 3.41. The quantitative estimate of drug-likeness (QED) is 0.546. The SMILES string of the molecule is C=C(C)C=Cc1ccc(CBr)cc1. The molecule has 0 saturated heterocycles. The molecule has 1 rings (SSSR count). The topological polar surface area (TPSA) is 0 Å². The Labute approximate surface area is 88.1 Å². The van der Waals surface area contributed by atoms with Crippen molar-refractivity contribution in [3.63, 3.8) is 0 Å². The number of hydrogen-bond donors (Lipinski definition) is 0. The van der Waals surface area contributed by atoms with Crippen molar-refractivity contribution in [2.75, 3.05) is 0 Å². The molecule has 0 aliphatic heterocycles. The minimum absolute atomic E-state index is 0.914. The highest BCUT2D eigenvalue weighted by atomic mass is 79.9. The van der Waals surface area contributed by atoms with Gasteiger partial charge in [-0.3, -0.25) is 0 Å². The van der Waals surface area contributed by atoms with Crippen LogP contribution in [-0.4, -0.2) is 0 Å². The van der Waals surface area contributed by atoms with E-state index in [2.05, 4.69) is 52.9 Å².